The second-order valence-corrected chi connectivity index (χ2v) is 10.7. The minimum atomic E-state index is -5.72. The van der Waals surface area contributed by atoms with Gasteiger partial charge in [-0.05, 0) is 0 Å². The summed E-state index contributed by atoms with van der Waals surface area (Å²) in [6.45, 7) is -1.07. The maximum Gasteiger partial charge on any atom is 0.483 e. The Kier molecular flexibility index (Phi) is 8.89. The number of phosphoric acid groups is 2. The Bertz CT molecular complexity index is 1200. The van der Waals surface area contributed by atoms with Crippen LogP contribution in [0.3, 0.4) is 0 Å². The molecular formula is C15H22N2O18P2. The van der Waals surface area contributed by atoms with Crippen molar-refractivity contribution in [3.05, 3.63) is 33.1 Å². The molecule has 0 spiro atoms. The lowest BCUT2D eigenvalue weighted by atomic mass is 9.99. The SMILES string of the molecule is O=C(O)[C@@H]1O[C@@H](OP(=O)(O)OP(=O)(O)OC[C@H]2O[C@@H](n3ccc(=O)[nH]c3=O)[C@H](O)[C@@H]2O)[C@@H](O)[C@@H](O)[C@H]1O. The van der Waals surface area contributed by atoms with Crippen LogP contribution in [0.1, 0.15) is 6.23 Å². The Hall–Kier alpha value is -1.87. The zero-order valence-corrected chi connectivity index (χ0v) is 19.8. The Morgan fingerprint density at radius 3 is 2.22 bits per heavy atom. The van der Waals surface area contributed by atoms with Crippen LogP contribution in [0.25, 0.3) is 0 Å². The zero-order chi connectivity index (χ0) is 27.9. The van der Waals surface area contributed by atoms with E-state index in [1.807, 2.05) is 4.98 Å². The molecule has 20 nitrogen and oxygen atoms in total. The molecule has 1 aromatic heterocycles. The summed E-state index contributed by atoms with van der Waals surface area (Å²) >= 11 is 0. The molecule has 37 heavy (non-hydrogen) atoms. The summed E-state index contributed by atoms with van der Waals surface area (Å²) in [7, 11) is -11.3. The highest BCUT2D eigenvalue weighted by Gasteiger charge is 2.51. The molecule has 2 unspecified atom stereocenters. The van der Waals surface area contributed by atoms with Crippen molar-refractivity contribution in [3.8, 4) is 0 Å². The summed E-state index contributed by atoms with van der Waals surface area (Å²) in [5.41, 5.74) is -1.78. The molecule has 9 N–H and O–H groups in total. The number of aliphatic hydroxyl groups is 5. The molecule has 2 saturated heterocycles. The van der Waals surface area contributed by atoms with E-state index in [9.17, 15) is 58.8 Å². The summed E-state index contributed by atoms with van der Waals surface area (Å²) in [5.74, 6) is -1.85. The van der Waals surface area contributed by atoms with Gasteiger partial charge in [-0.3, -0.25) is 23.4 Å². The molecule has 0 aliphatic carbocycles. The Morgan fingerprint density at radius 1 is 0.973 bits per heavy atom. The van der Waals surface area contributed by atoms with Crippen LogP contribution in [0.15, 0.2) is 21.9 Å². The first-order valence-electron chi connectivity index (χ1n) is 9.98. The van der Waals surface area contributed by atoms with Gasteiger partial charge in [0.2, 0.25) is 0 Å². The predicted molar refractivity (Wildman–Crippen MR) is 109 cm³/mol. The van der Waals surface area contributed by atoms with Gasteiger partial charge in [0.15, 0.2) is 18.6 Å². The molecule has 2 aliphatic heterocycles. The minimum Gasteiger partial charge on any atom is -0.479 e. The van der Waals surface area contributed by atoms with E-state index < -0.39 is 94.7 Å². The fourth-order valence-electron chi connectivity index (χ4n) is 3.34. The standard InChI is InChI=1S/C15H22N2O18P2/c18-5-1-2-17(15(26)16-5)12-9(22)6(19)4(32-12)3-31-36(27,28)35-37(29,30)34-14-10(23)7(20)8(21)11(33-14)13(24)25/h1-2,4,6-12,14,19-23H,3H2,(H,24,25)(H,27,28)(H,29,30)(H,16,18,26)/t4-,6-,7+,8-,9-,10+,11-,12-,14+/m1/s1. The van der Waals surface area contributed by atoms with E-state index in [1.165, 1.54) is 0 Å². The number of carboxylic acids is 1. The Labute approximate surface area is 204 Å². The summed E-state index contributed by atoms with van der Waals surface area (Å²) in [6, 6.07) is 0.910. The molecule has 2 fully saturated rings. The van der Waals surface area contributed by atoms with Crippen LogP contribution in [0.4, 0.5) is 0 Å². The largest absolute Gasteiger partial charge is 0.483 e. The normalized spacial score (nSPS) is 37.5. The summed E-state index contributed by atoms with van der Waals surface area (Å²) in [6.07, 6.45) is -17.2. The lowest BCUT2D eigenvalue weighted by Gasteiger charge is -2.38. The maximum absolute atomic E-state index is 12.2. The first kappa shape index (κ1) is 29.7. The van der Waals surface area contributed by atoms with Crippen LogP contribution in [0.5, 0.6) is 0 Å². The van der Waals surface area contributed by atoms with Crippen molar-refractivity contribution in [1.29, 1.82) is 0 Å². The van der Waals surface area contributed by atoms with E-state index >= 15 is 0 Å². The number of carbonyl (C=O) groups is 1. The number of ether oxygens (including phenoxy) is 2. The number of hydrogen-bond donors (Lipinski definition) is 9. The molecule has 210 valence electrons. The van der Waals surface area contributed by atoms with Gasteiger partial charge in [0.25, 0.3) is 5.56 Å². The minimum absolute atomic E-state index is 0.700. The Morgan fingerprint density at radius 2 is 1.62 bits per heavy atom. The van der Waals surface area contributed by atoms with E-state index in [2.05, 4.69) is 18.1 Å². The van der Waals surface area contributed by atoms with Crippen LogP contribution < -0.4 is 11.2 Å². The van der Waals surface area contributed by atoms with Crippen molar-refractivity contribution in [2.45, 2.75) is 55.2 Å². The molecule has 0 radical (unpaired) electrons. The molecule has 0 amide bonds. The second-order valence-electron chi connectivity index (χ2n) is 7.72. The Balaban J connectivity index is 1.63. The van der Waals surface area contributed by atoms with Crippen molar-refractivity contribution in [2.75, 3.05) is 6.61 Å². The third-order valence-electron chi connectivity index (χ3n) is 5.12. The smallest absolute Gasteiger partial charge is 0.479 e. The molecule has 1 aromatic rings. The number of aromatic nitrogens is 2. The zero-order valence-electron chi connectivity index (χ0n) is 18.1. The van der Waals surface area contributed by atoms with E-state index in [0.717, 1.165) is 12.3 Å². The quantitative estimate of drug-likeness (QED) is 0.124. The number of aliphatic hydroxyl groups excluding tert-OH is 5. The third-order valence-corrected chi connectivity index (χ3v) is 7.72. The highest BCUT2D eigenvalue weighted by Crippen LogP contribution is 2.61. The van der Waals surface area contributed by atoms with Crippen molar-refractivity contribution < 1.29 is 77.2 Å². The first-order valence-corrected chi connectivity index (χ1v) is 13.0. The topological polar surface area (TPSA) is 314 Å². The number of nitrogens with zero attached hydrogens (tertiary/aromatic N) is 1. The number of hydrogen-bond acceptors (Lipinski definition) is 15. The molecular weight excluding hydrogens is 558 g/mol. The molecule has 0 saturated carbocycles. The van der Waals surface area contributed by atoms with Crippen molar-refractivity contribution in [2.24, 2.45) is 0 Å². The number of nitrogens with one attached hydrogen (secondary N) is 1. The molecule has 0 aromatic carbocycles. The fraction of sp³-hybridized carbons (Fsp3) is 0.667. The molecule has 3 rings (SSSR count). The van der Waals surface area contributed by atoms with Gasteiger partial charge in [-0.15, -0.1) is 0 Å². The van der Waals surface area contributed by atoms with Gasteiger partial charge in [0.05, 0.1) is 6.61 Å². The van der Waals surface area contributed by atoms with Gasteiger partial charge in [-0.2, -0.15) is 4.31 Å². The van der Waals surface area contributed by atoms with Crippen LogP contribution in [0.2, 0.25) is 0 Å². The number of H-pyrrole nitrogens is 1. The average molecular weight is 580 g/mol. The van der Waals surface area contributed by atoms with Crippen molar-refractivity contribution in [1.82, 2.24) is 9.55 Å². The van der Waals surface area contributed by atoms with Crippen LogP contribution in [-0.4, -0.2) is 112 Å². The molecule has 0 bridgehead atoms. The number of aliphatic carboxylic acids is 1. The number of phosphoric ester groups is 2. The van der Waals surface area contributed by atoms with Gasteiger partial charge in [-0.25, -0.2) is 18.7 Å². The van der Waals surface area contributed by atoms with Crippen LogP contribution in [-0.2, 0) is 36.8 Å². The highest BCUT2D eigenvalue weighted by atomic mass is 31.3. The van der Waals surface area contributed by atoms with Gasteiger partial charge in [-0.1, -0.05) is 0 Å². The predicted octanol–water partition coefficient (Wildman–Crippen LogP) is -4.70. The van der Waals surface area contributed by atoms with E-state index in [1.54, 1.807) is 0 Å². The van der Waals surface area contributed by atoms with Gasteiger partial charge >= 0.3 is 27.3 Å². The number of rotatable bonds is 9. The summed E-state index contributed by atoms with van der Waals surface area (Å²) in [5, 5.41) is 58.3. The van der Waals surface area contributed by atoms with Crippen LogP contribution >= 0.6 is 15.6 Å². The first-order chi connectivity index (χ1) is 17.0. The van der Waals surface area contributed by atoms with Crippen LogP contribution in [0, 0.1) is 0 Å². The summed E-state index contributed by atoms with van der Waals surface area (Å²) in [4.78, 5) is 55.5. The van der Waals surface area contributed by atoms with Gasteiger partial charge in [0, 0.05) is 12.3 Å². The van der Waals surface area contributed by atoms with E-state index in [-0.39, 0.29) is 0 Å². The molecule has 3 heterocycles. The average Bonchev–Trinajstić information content (AvgIpc) is 3.05. The number of aromatic amines is 1. The maximum atomic E-state index is 12.2. The lowest BCUT2D eigenvalue weighted by Crippen LogP contribution is -2.60. The fourth-order valence-corrected chi connectivity index (χ4v) is 5.49. The monoisotopic (exact) mass is 580 g/mol. The second kappa shape index (κ2) is 11.1. The van der Waals surface area contributed by atoms with E-state index in [4.69, 9.17) is 9.84 Å². The van der Waals surface area contributed by atoms with E-state index in [0.29, 0.717) is 4.57 Å². The van der Waals surface area contributed by atoms with Gasteiger partial charge < -0.3 is 49.9 Å². The lowest BCUT2D eigenvalue weighted by molar-refractivity contribution is -0.274. The van der Waals surface area contributed by atoms with Crippen molar-refractivity contribution >= 4 is 21.6 Å². The molecule has 2 aliphatic rings. The highest BCUT2D eigenvalue weighted by molar-refractivity contribution is 7.61. The molecule has 22 heteroatoms. The van der Waals surface area contributed by atoms with Gasteiger partial charge in [0.1, 0.15) is 36.6 Å². The molecule has 11 atom stereocenters. The summed E-state index contributed by atoms with van der Waals surface area (Å²) < 4.78 is 47.6. The number of carboxylic acid groups (broad SMARTS) is 1. The third kappa shape index (κ3) is 6.77. The van der Waals surface area contributed by atoms with Crippen molar-refractivity contribution in [3.63, 3.8) is 0 Å².